The summed E-state index contributed by atoms with van der Waals surface area (Å²) < 4.78 is 10.6. The number of hydrogen-bond donors (Lipinski definition) is 2. The Bertz CT molecular complexity index is 483. The van der Waals surface area contributed by atoms with Crippen LogP contribution in [0.2, 0.25) is 0 Å². The van der Waals surface area contributed by atoms with Crippen LogP contribution in [0.5, 0.6) is 5.75 Å². The lowest BCUT2D eigenvalue weighted by Gasteiger charge is -2.10. The van der Waals surface area contributed by atoms with E-state index in [-0.39, 0.29) is 0 Å². The lowest BCUT2D eigenvalue weighted by Crippen LogP contribution is -2.02. The number of anilines is 2. The van der Waals surface area contributed by atoms with E-state index in [9.17, 15) is 0 Å². The Morgan fingerprint density at radius 3 is 3.00 bits per heavy atom. The summed E-state index contributed by atoms with van der Waals surface area (Å²) in [6.45, 7) is 3.30. The summed E-state index contributed by atoms with van der Waals surface area (Å²) in [7, 11) is 0. The second-order valence-corrected chi connectivity index (χ2v) is 3.93. The van der Waals surface area contributed by atoms with Crippen LogP contribution in [0.4, 0.5) is 11.4 Å². The Balaban J connectivity index is 2.00. The number of nitrogens with one attached hydrogen (secondary N) is 1. The molecule has 3 N–H and O–H groups in total. The molecule has 0 fully saturated rings. The third-order valence-electron chi connectivity index (χ3n) is 2.43. The van der Waals surface area contributed by atoms with Crippen molar-refractivity contribution in [3.63, 3.8) is 0 Å². The summed E-state index contributed by atoms with van der Waals surface area (Å²) in [6, 6.07) is 7.44. The van der Waals surface area contributed by atoms with Crippen LogP contribution in [0.25, 0.3) is 0 Å². The fourth-order valence-electron chi connectivity index (χ4n) is 1.50. The molecule has 5 nitrogen and oxygen atoms in total. The molecule has 2 aromatic rings. The number of rotatable bonds is 6. The van der Waals surface area contributed by atoms with Crippen LogP contribution in [0.3, 0.4) is 0 Å². The van der Waals surface area contributed by atoms with Crippen LogP contribution in [0.1, 0.15) is 19.1 Å². The minimum Gasteiger partial charge on any atom is -0.491 e. The Kier molecular flexibility index (Phi) is 4.06. The molecule has 0 aliphatic heterocycles. The number of nitrogens with zero attached hydrogens (tertiary/aromatic N) is 1. The minimum absolute atomic E-state index is 0.580. The molecule has 0 atom stereocenters. The molecule has 0 aliphatic rings. The van der Waals surface area contributed by atoms with Crippen LogP contribution in [0, 0.1) is 0 Å². The van der Waals surface area contributed by atoms with Crippen molar-refractivity contribution in [2.24, 2.45) is 0 Å². The highest BCUT2D eigenvalue weighted by Gasteiger charge is 2.03. The van der Waals surface area contributed by atoms with Gasteiger partial charge in [0.05, 0.1) is 25.0 Å². The molecule has 5 heteroatoms. The maximum Gasteiger partial charge on any atom is 0.155 e. The molecule has 0 saturated heterocycles. The Hall–Kier alpha value is -2.17. The summed E-state index contributed by atoms with van der Waals surface area (Å²) >= 11 is 0. The highest BCUT2D eigenvalue weighted by molar-refractivity contribution is 5.61. The molecule has 0 aliphatic carbocycles. The molecule has 1 aromatic heterocycles. The normalized spacial score (nSPS) is 10.3. The van der Waals surface area contributed by atoms with Gasteiger partial charge in [-0.2, -0.15) is 0 Å². The number of nitrogens with two attached hydrogens (primary N) is 1. The van der Waals surface area contributed by atoms with Gasteiger partial charge in [-0.3, -0.25) is 0 Å². The third kappa shape index (κ3) is 3.16. The highest BCUT2D eigenvalue weighted by atomic mass is 16.5. The smallest absolute Gasteiger partial charge is 0.155 e. The predicted molar refractivity (Wildman–Crippen MR) is 70.5 cm³/mol. The third-order valence-corrected chi connectivity index (χ3v) is 2.43. The zero-order valence-corrected chi connectivity index (χ0v) is 10.3. The zero-order valence-electron chi connectivity index (χ0n) is 10.3. The first-order chi connectivity index (χ1) is 8.79. The van der Waals surface area contributed by atoms with Crippen molar-refractivity contribution in [2.75, 3.05) is 17.7 Å². The average molecular weight is 247 g/mol. The molecular weight excluding hydrogens is 230 g/mol. The Morgan fingerprint density at radius 1 is 1.39 bits per heavy atom. The van der Waals surface area contributed by atoms with Crippen molar-refractivity contribution in [1.29, 1.82) is 0 Å². The van der Waals surface area contributed by atoms with Gasteiger partial charge in [0.15, 0.2) is 5.76 Å². The van der Waals surface area contributed by atoms with Crippen molar-refractivity contribution in [1.82, 2.24) is 5.16 Å². The van der Waals surface area contributed by atoms with Gasteiger partial charge in [-0.25, -0.2) is 0 Å². The second kappa shape index (κ2) is 5.95. The van der Waals surface area contributed by atoms with E-state index in [1.807, 2.05) is 24.3 Å². The van der Waals surface area contributed by atoms with Gasteiger partial charge < -0.3 is 20.3 Å². The van der Waals surface area contributed by atoms with Crippen LogP contribution in [-0.4, -0.2) is 11.8 Å². The highest BCUT2D eigenvalue weighted by Crippen LogP contribution is 2.25. The van der Waals surface area contributed by atoms with E-state index < -0.39 is 0 Å². The number of benzene rings is 1. The standard InChI is InChI=1S/C13H17N3O2/c1-2-7-17-13-8-10(3-4-12(13)14)15-9-11-5-6-16-18-11/h3-6,8,15H,2,7,9,14H2,1H3. The quantitative estimate of drug-likeness (QED) is 0.768. The van der Waals surface area contributed by atoms with Crippen molar-refractivity contribution in [3.05, 3.63) is 36.2 Å². The number of hydrogen-bond acceptors (Lipinski definition) is 5. The molecule has 0 spiro atoms. The molecule has 0 saturated carbocycles. The van der Waals surface area contributed by atoms with Crippen molar-refractivity contribution >= 4 is 11.4 Å². The van der Waals surface area contributed by atoms with Gasteiger partial charge in [-0.15, -0.1) is 0 Å². The van der Waals surface area contributed by atoms with Gasteiger partial charge in [-0.05, 0) is 18.6 Å². The number of aromatic nitrogens is 1. The number of ether oxygens (including phenoxy) is 1. The summed E-state index contributed by atoms with van der Waals surface area (Å²) in [4.78, 5) is 0. The predicted octanol–water partition coefficient (Wildman–Crippen LogP) is 2.66. The molecule has 1 heterocycles. The first-order valence-electron chi connectivity index (χ1n) is 5.95. The largest absolute Gasteiger partial charge is 0.491 e. The van der Waals surface area contributed by atoms with Crippen molar-refractivity contribution in [2.45, 2.75) is 19.9 Å². The fourth-order valence-corrected chi connectivity index (χ4v) is 1.50. The van der Waals surface area contributed by atoms with Crippen molar-refractivity contribution < 1.29 is 9.26 Å². The first kappa shape index (κ1) is 12.3. The summed E-state index contributed by atoms with van der Waals surface area (Å²) in [5.41, 5.74) is 7.42. The lowest BCUT2D eigenvalue weighted by molar-refractivity contribution is 0.319. The number of nitrogen functional groups attached to an aromatic ring is 1. The molecular formula is C13H17N3O2. The molecule has 96 valence electrons. The van der Waals surface area contributed by atoms with Gasteiger partial charge >= 0.3 is 0 Å². The van der Waals surface area contributed by atoms with E-state index in [4.69, 9.17) is 15.0 Å². The summed E-state index contributed by atoms with van der Waals surface area (Å²) in [5.74, 6) is 1.49. The zero-order chi connectivity index (χ0) is 12.8. The lowest BCUT2D eigenvalue weighted by atomic mass is 10.2. The maximum absolute atomic E-state index is 5.84. The van der Waals surface area contributed by atoms with Crippen LogP contribution in [-0.2, 0) is 6.54 Å². The van der Waals surface area contributed by atoms with Crippen molar-refractivity contribution in [3.8, 4) is 5.75 Å². The SMILES string of the molecule is CCCOc1cc(NCc2ccno2)ccc1N. The first-order valence-corrected chi connectivity index (χ1v) is 5.95. The Labute approximate surface area is 106 Å². The van der Waals surface area contributed by atoms with Gasteiger partial charge in [-0.1, -0.05) is 12.1 Å². The van der Waals surface area contributed by atoms with Gasteiger partial charge in [0, 0.05) is 17.8 Å². The van der Waals surface area contributed by atoms with Crippen LogP contribution >= 0.6 is 0 Å². The van der Waals surface area contributed by atoms with E-state index in [0.29, 0.717) is 24.6 Å². The fraction of sp³-hybridized carbons (Fsp3) is 0.308. The Morgan fingerprint density at radius 2 is 2.28 bits per heavy atom. The molecule has 18 heavy (non-hydrogen) atoms. The van der Waals surface area contributed by atoms with E-state index in [0.717, 1.165) is 17.9 Å². The van der Waals surface area contributed by atoms with Gasteiger partial charge in [0.2, 0.25) is 0 Å². The van der Waals surface area contributed by atoms with Gasteiger partial charge in [0.1, 0.15) is 5.75 Å². The van der Waals surface area contributed by atoms with E-state index in [1.54, 1.807) is 6.20 Å². The van der Waals surface area contributed by atoms with Gasteiger partial charge in [0.25, 0.3) is 0 Å². The molecule has 0 bridgehead atoms. The minimum atomic E-state index is 0.580. The van der Waals surface area contributed by atoms with Crippen LogP contribution in [0.15, 0.2) is 35.0 Å². The van der Waals surface area contributed by atoms with E-state index >= 15 is 0 Å². The second-order valence-electron chi connectivity index (χ2n) is 3.93. The van der Waals surface area contributed by atoms with E-state index in [1.165, 1.54) is 0 Å². The molecule has 1 aromatic carbocycles. The molecule has 2 rings (SSSR count). The topological polar surface area (TPSA) is 73.3 Å². The van der Waals surface area contributed by atoms with E-state index in [2.05, 4.69) is 17.4 Å². The molecule has 0 unspecified atom stereocenters. The van der Waals surface area contributed by atoms with Crippen LogP contribution < -0.4 is 15.8 Å². The monoisotopic (exact) mass is 247 g/mol. The molecule has 0 amide bonds. The molecule has 0 radical (unpaired) electrons. The average Bonchev–Trinajstić information content (AvgIpc) is 2.89. The maximum atomic E-state index is 5.84. The summed E-state index contributed by atoms with van der Waals surface area (Å²) in [6.07, 6.45) is 2.57. The summed E-state index contributed by atoms with van der Waals surface area (Å²) in [5, 5.41) is 6.87.